The quantitative estimate of drug-likeness (QED) is 0.629. The van der Waals surface area contributed by atoms with Gasteiger partial charge in [0.2, 0.25) is 0 Å². The molecule has 5 nitrogen and oxygen atoms in total. The SMILES string of the molecule is Cc1cccc(C(=O)OCC(=O)NCCc2ccccc2F)c1N. The summed E-state index contributed by atoms with van der Waals surface area (Å²) in [6.07, 6.45) is 0.358. The van der Waals surface area contributed by atoms with Gasteiger partial charge in [0, 0.05) is 12.2 Å². The van der Waals surface area contributed by atoms with E-state index >= 15 is 0 Å². The molecule has 2 aromatic rings. The Balaban J connectivity index is 1.78. The number of nitrogen functional groups attached to an aromatic ring is 1. The minimum atomic E-state index is -0.652. The molecule has 0 aliphatic rings. The minimum absolute atomic E-state index is 0.231. The summed E-state index contributed by atoms with van der Waals surface area (Å²) in [5.74, 6) is -1.42. The smallest absolute Gasteiger partial charge is 0.340 e. The number of nitrogens with two attached hydrogens (primary N) is 1. The molecule has 0 spiro atoms. The number of rotatable bonds is 6. The molecule has 6 heteroatoms. The third-order valence-electron chi connectivity index (χ3n) is 3.55. The number of hydrogen-bond acceptors (Lipinski definition) is 4. The average molecular weight is 330 g/mol. The monoisotopic (exact) mass is 330 g/mol. The van der Waals surface area contributed by atoms with Gasteiger partial charge >= 0.3 is 5.97 Å². The van der Waals surface area contributed by atoms with Gasteiger partial charge in [0.1, 0.15) is 5.82 Å². The van der Waals surface area contributed by atoms with Crippen LogP contribution in [-0.4, -0.2) is 25.0 Å². The summed E-state index contributed by atoms with van der Waals surface area (Å²) in [6.45, 7) is 1.62. The first-order chi connectivity index (χ1) is 11.5. The maximum Gasteiger partial charge on any atom is 0.340 e. The van der Waals surface area contributed by atoms with Gasteiger partial charge in [0.25, 0.3) is 5.91 Å². The van der Waals surface area contributed by atoms with E-state index in [9.17, 15) is 14.0 Å². The van der Waals surface area contributed by atoms with E-state index in [2.05, 4.69) is 5.32 Å². The van der Waals surface area contributed by atoms with Gasteiger partial charge in [0.15, 0.2) is 6.61 Å². The minimum Gasteiger partial charge on any atom is -0.452 e. The Kier molecular flexibility index (Phi) is 5.89. The van der Waals surface area contributed by atoms with Crippen molar-refractivity contribution in [3.63, 3.8) is 0 Å². The van der Waals surface area contributed by atoms with Gasteiger partial charge in [-0.2, -0.15) is 0 Å². The Bertz CT molecular complexity index is 747. The standard InChI is InChI=1S/C18H19FN2O3/c1-12-5-4-7-14(17(12)20)18(23)24-11-16(22)21-10-9-13-6-2-3-8-15(13)19/h2-8H,9-11,20H2,1H3,(H,21,22). The maximum absolute atomic E-state index is 13.4. The van der Waals surface area contributed by atoms with E-state index in [1.54, 1.807) is 43.3 Å². The first-order valence-corrected chi connectivity index (χ1v) is 7.51. The van der Waals surface area contributed by atoms with Crippen molar-refractivity contribution >= 4 is 17.6 Å². The molecule has 2 aromatic carbocycles. The molecule has 24 heavy (non-hydrogen) atoms. The summed E-state index contributed by atoms with van der Waals surface area (Å²) in [5.41, 5.74) is 7.66. The number of anilines is 1. The zero-order valence-corrected chi connectivity index (χ0v) is 13.3. The van der Waals surface area contributed by atoms with Crippen molar-refractivity contribution in [3.05, 3.63) is 65.0 Å². The number of hydrogen-bond donors (Lipinski definition) is 2. The van der Waals surface area contributed by atoms with Gasteiger partial charge in [-0.05, 0) is 36.6 Å². The highest BCUT2D eigenvalue weighted by atomic mass is 19.1. The molecule has 0 radical (unpaired) electrons. The highest BCUT2D eigenvalue weighted by Gasteiger charge is 2.14. The number of nitrogens with one attached hydrogen (secondary N) is 1. The summed E-state index contributed by atoms with van der Waals surface area (Å²) in [4.78, 5) is 23.6. The van der Waals surface area contributed by atoms with Crippen molar-refractivity contribution in [2.75, 3.05) is 18.9 Å². The molecule has 0 unspecified atom stereocenters. The molecule has 0 heterocycles. The second-order valence-corrected chi connectivity index (χ2v) is 5.30. The van der Waals surface area contributed by atoms with Gasteiger partial charge in [-0.25, -0.2) is 9.18 Å². The van der Waals surface area contributed by atoms with Crippen LogP contribution in [0.3, 0.4) is 0 Å². The first-order valence-electron chi connectivity index (χ1n) is 7.51. The number of benzene rings is 2. The van der Waals surface area contributed by atoms with Gasteiger partial charge < -0.3 is 15.8 Å². The highest BCUT2D eigenvalue weighted by Crippen LogP contribution is 2.17. The number of halogens is 1. The Morgan fingerprint density at radius 2 is 1.92 bits per heavy atom. The topological polar surface area (TPSA) is 81.4 Å². The van der Waals surface area contributed by atoms with Crippen molar-refractivity contribution in [1.82, 2.24) is 5.32 Å². The van der Waals surface area contributed by atoms with Gasteiger partial charge in [0.05, 0.1) is 5.56 Å². The fourth-order valence-electron chi connectivity index (χ4n) is 2.16. The number of carbonyl (C=O) groups is 2. The molecule has 3 N–H and O–H groups in total. The lowest BCUT2D eigenvalue weighted by molar-refractivity contribution is -0.124. The number of esters is 1. The summed E-state index contributed by atoms with van der Waals surface area (Å²) in [6, 6.07) is 11.4. The third kappa shape index (κ3) is 4.55. The Morgan fingerprint density at radius 1 is 1.17 bits per heavy atom. The van der Waals surface area contributed by atoms with Crippen LogP contribution in [0.5, 0.6) is 0 Å². The van der Waals surface area contributed by atoms with E-state index in [1.165, 1.54) is 6.07 Å². The van der Waals surface area contributed by atoms with Crippen molar-refractivity contribution in [1.29, 1.82) is 0 Å². The molecule has 126 valence electrons. The van der Waals surface area contributed by atoms with E-state index in [0.717, 1.165) is 5.56 Å². The van der Waals surface area contributed by atoms with Gasteiger partial charge in [-0.1, -0.05) is 30.3 Å². The maximum atomic E-state index is 13.4. The van der Waals surface area contributed by atoms with Crippen LogP contribution in [0.4, 0.5) is 10.1 Å². The normalized spacial score (nSPS) is 10.2. The molecule has 1 amide bonds. The fourth-order valence-corrected chi connectivity index (χ4v) is 2.16. The van der Waals surface area contributed by atoms with Crippen LogP contribution in [0, 0.1) is 12.7 Å². The van der Waals surface area contributed by atoms with Crippen LogP contribution in [0.25, 0.3) is 0 Å². The van der Waals surface area contributed by atoms with Crippen LogP contribution < -0.4 is 11.1 Å². The second kappa shape index (κ2) is 8.10. The van der Waals surface area contributed by atoms with Crippen LogP contribution in [-0.2, 0) is 16.0 Å². The summed E-state index contributed by atoms with van der Waals surface area (Å²) >= 11 is 0. The van der Waals surface area contributed by atoms with E-state index in [-0.39, 0.29) is 17.9 Å². The van der Waals surface area contributed by atoms with E-state index in [0.29, 0.717) is 17.7 Å². The molecule has 0 atom stereocenters. The van der Waals surface area contributed by atoms with E-state index in [1.807, 2.05) is 0 Å². The largest absolute Gasteiger partial charge is 0.452 e. The first kappa shape index (κ1) is 17.5. The van der Waals surface area contributed by atoms with Crippen molar-refractivity contribution in [3.8, 4) is 0 Å². The number of para-hydroxylation sites is 1. The van der Waals surface area contributed by atoms with Crippen LogP contribution in [0.1, 0.15) is 21.5 Å². The zero-order valence-electron chi connectivity index (χ0n) is 13.3. The molecular weight excluding hydrogens is 311 g/mol. The summed E-state index contributed by atoms with van der Waals surface area (Å²) in [5, 5.41) is 2.58. The second-order valence-electron chi connectivity index (χ2n) is 5.30. The van der Waals surface area contributed by atoms with Crippen LogP contribution >= 0.6 is 0 Å². The predicted octanol–water partition coefficient (Wildman–Crippen LogP) is 2.23. The van der Waals surface area contributed by atoms with Crippen LogP contribution in [0.2, 0.25) is 0 Å². The van der Waals surface area contributed by atoms with Crippen LogP contribution in [0.15, 0.2) is 42.5 Å². The van der Waals surface area contributed by atoms with E-state index in [4.69, 9.17) is 10.5 Å². The summed E-state index contributed by atoms with van der Waals surface area (Å²) < 4.78 is 18.4. The van der Waals surface area contributed by atoms with Crippen molar-refractivity contribution in [2.24, 2.45) is 0 Å². The zero-order chi connectivity index (χ0) is 17.5. The van der Waals surface area contributed by atoms with Crippen molar-refractivity contribution in [2.45, 2.75) is 13.3 Å². The Morgan fingerprint density at radius 3 is 2.67 bits per heavy atom. The molecule has 0 aliphatic heterocycles. The number of aryl methyl sites for hydroxylation is 1. The Hall–Kier alpha value is -2.89. The number of carbonyl (C=O) groups excluding carboxylic acids is 2. The summed E-state index contributed by atoms with van der Waals surface area (Å²) in [7, 11) is 0. The molecule has 0 bridgehead atoms. The molecule has 0 fully saturated rings. The molecular formula is C18H19FN2O3. The molecule has 0 saturated carbocycles. The van der Waals surface area contributed by atoms with Gasteiger partial charge in [-0.15, -0.1) is 0 Å². The Labute approximate surface area is 139 Å². The molecule has 0 saturated heterocycles. The molecule has 2 rings (SSSR count). The average Bonchev–Trinajstić information content (AvgIpc) is 2.57. The number of amides is 1. The molecule has 0 aromatic heterocycles. The molecule has 0 aliphatic carbocycles. The predicted molar refractivity (Wildman–Crippen MR) is 89.0 cm³/mol. The lowest BCUT2D eigenvalue weighted by Gasteiger charge is -2.09. The van der Waals surface area contributed by atoms with Crippen molar-refractivity contribution < 1.29 is 18.7 Å². The fraction of sp³-hybridized carbons (Fsp3) is 0.222. The van der Waals surface area contributed by atoms with Gasteiger partial charge in [-0.3, -0.25) is 4.79 Å². The third-order valence-corrected chi connectivity index (χ3v) is 3.55. The lowest BCUT2D eigenvalue weighted by Crippen LogP contribution is -2.30. The lowest BCUT2D eigenvalue weighted by atomic mass is 10.1. The van der Waals surface area contributed by atoms with E-state index < -0.39 is 18.5 Å². The number of ether oxygens (including phenoxy) is 1. The highest BCUT2D eigenvalue weighted by molar-refractivity contribution is 5.96.